The fourth-order valence-corrected chi connectivity index (χ4v) is 4.11. The van der Waals surface area contributed by atoms with E-state index in [0.29, 0.717) is 18.4 Å². The summed E-state index contributed by atoms with van der Waals surface area (Å²) in [5.41, 5.74) is 0.976. The number of hydrogen-bond donors (Lipinski definition) is 2. The highest BCUT2D eigenvalue weighted by Gasteiger charge is 2.34. The number of nitro benzene ring substituents is 1. The van der Waals surface area contributed by atoms with Gasteiger partial charge in [-0.3, -0.25) is 14.9 Å². The number of amides is 1. The van der Waals surface area contributed by atoms with Gasteiger partial charge in [0.25, 0.3) is 5.69 Å². The summed E-state index contributed by atoms with van der Waals surface area (Å²) >= 11 is 0. The number of nitrogens with zero attached hydrogens (tertiary/aromatic N) is 3. The molecule has 1 aliphatic rings. The molecule has 0 radical (unpaired) electrons. The Labute approximate surface area is 186 Å². The summed E-state index contributed by atoms with van der Waals surface area (Å²) < 4.78 is 38.6. The van der Waals surface area contributed by atoms with Crippen molar-refractivity contribution in [1.82, 2.24) is 14.9 Å². The largest absolute Gasteiger partial charge is 0.416 e. The molecule has 1 aliphatic heterocycles. The second-order valence-corrected chi connectivity index (χ2v) is 8.05. The molecule has 3 aromatic rings. The van der Waals surface area contributed by atoms with Crippen LogP contribution in [0.15, 0.2) is 36.4 Å². The number of rotatable bonds is 6. The van der Waals surface area contributed by atoms with Crippen LogP contribution in [0, 0.1) is 17.0 Å². The number of nitro groups is 1. The van der Waals surface area contributed by atoms with E-state index in [9.17, 15) is 28.1 Å². The summed E-state index contributed by atoms with van der Waals surface area (Å²) in [6.45, 7) is 2.60. The lowest BCUT2D eigenvalue weighted by Crippen LogP contribution is -2.32. The Kier molecular flexibility index (Phi) is 5.96. The first-order valence-corrected chi connectivity index (χ1v) is 10.5. The molecule has 0 bridgehead atoms. The van der Waals surface area contributed by atoms with Crippen LogP contribution in [0.3, 0.4) is 0 Å². The zero-order valence-electron chi connectivity index (χ0n) is 17.8. The van der Waals surface area contributed by atoms with Crippen molar-refractivity contribution < 1.29 is 22.9 Å². The number of aryl methyl sites for hydroxylation is 1. The molecule has 33 heavy (non-hydrogen) atoms. The highest BCUT2D eigenvalue weighted by molar-refractivity contribution is 5.79. The van der Waals surface area contributed by atoms with Crippen molar-refractivity contribution in [3.05, 3.63) is 63.5 Å². The lowest BCUT2D eigenvalue weighted by molar-refractivity contribution is -0.384. The number of alkyl halides is 3. The highest BCUT2D eigenvalue weighted by Crippen LogP contribution is 2.35. The van der Waals surface area contributed by atoms with Gasteiger partial charge in [0.2, 0.25) is 5.91 Å². The molecule has 8 nitrogen and oxygen atoms in total. The standard InChI is InChI=1S/C22H22F3N5O3/c1-13-4-6-15-17(11-13)28-21(27-15)18-3-2-10-29(18)20(31)8-9-26-16-7-5-14(22(23,24)25)12-19(16)30(32)33/h4-7,11-12,18,26H,2-3,8-10H2,1H3,(H,27,28). The van der Waals surface area contributed by atoms with Crippen LogP contribution in [0.4, 0.5) is 24.5 Å². The lowest BCUT2D eigenvalue weighted by atomic mass is 10.1. The minimum absolute atomic E-state index is 0.0357. The smallest absolute Gasteiger partial charge is 0.379 e. The molecule has 11 heteroatoms. The number of fused-ring (bicyclic) bond motifs is 1. The molecule has 1 unspecified atom stereocenters. The molecule has 0 aliphatic carbocycles. The van der Waals surface area contributed by atoms with E-state index in [2.05, 4.69) is 15.3 Å². The predicted molar refractivity (Wildman–Crippen MR) is 116 cm³/mol. The van der Waals surface area contributed by atoms with E-state index in [0.717, 1.165) is 41.6 Å². The molecule has 174 valence electrons. The summed E-state index contributed by atoms with van der Waals surface area (Å²) in [6, 6.07) is 7.98. The Morgan fingerprint density at radius 3 is 2.82 bits per heavy atom. The minimum atomic E-state index is -4.68. The quantitative estimate of drug-likeness (QED) is 0.399. The summed E-state index contributed by atoms with van der Waals surface area (Å²) in [4.78, 5) is 32.8. The Bertz CT molecular complexity index is 1210. The third-order valence-electron chi connectivity index (χ3n) is 5.72. The Morgan fingerprint density at radius 2 is 2.09 bits per heavy atom. The topological polar surface area (TPSA) is 104 Å². The van der Waals surface area contributed by atoms with Gasteiger partial charge in [-0.15, -0.1) is 0 Å². The average Bonchev–Trinajstić information content (AvgIpc) is 3.39. The van der Waals surface area contributed by atoms with Crippen LogP contribution < -0.4 is 5.32 Å². The van der Waals surface area contributed by atoms with Gasteiger partial charge in [-0.2, -0.15) is 13.2 Å². The van der Waals surface area contributed by atoms with Crippen LogP contribution in [0.5, 0.6) is 0 Å². The number of nitrogens with one attached hydrogen (secondary N) is 2. The molecule has 2 heterocycles. The van der Waals surface area contributed by atoms with Gasteiger partial charge < -0.3 is 15.2 Å². The van der Waals surface area contributed by atoms with Gasteiger partial charge in [-0.05, 0) is 49.6 Å². The van der Waals surface area contributed by atoms with E-state index in [1.54, 1.807) is 4.90 Å². The predicted octanol–water partition coefficient (Wildman–Crippen LogP) is 4.96. The molecule has 1 atom stereocenters. The maximum Gasteiger partial charge on any atom is 0.416 e. The van der Waals surface area contributed by atoms with Gasteiger partial charge in [-0.1, -0.05) is 6.07 Å². The molecule has 0 spiro atoms. The number of H-pyrrole nitrogens is 1. The number of carbonyl (C=O) groups excluding carboxylic acids is 1. The monoisotopic (exact) mass is 461 g/mol. The van der Waals surface area contributed by atoms with Crippen molar-refractivity contribution in [2.24, 2.45) is 0 Å². The lowest BCUT2D eigenvalue weighted by Gasteiger charge is -2.23. The van der Waals surface area contributed by atoms with E-state index in [-0.39, 0.29) is 30.6 Å². The van der Waals surface area contributed by atoms with Crippen molar-refractivity contribution in [2.75, 3.05) is 18.4 Å². The molecule has 4 rings (SSSR count). The van der Waals surface area contributed by atoms with E-state index >= 15 is 0 Å². The second kappa shape index (κ2) is 8.72. The molecular formula is C22H22F3N5O3. The van der Waals surface area contributed by atoms with E-state index in [1.165, 1.54) is 0 Å². The van der Waals surface area contributed by atoms with Gasteiger partial charge in [0, 0.05) is 25.6 Å². The molecule has 2 aromatic carbocycles. The van der Waals surface area contributed by atoms with Crippen LogP contribution in [0.2, 0.25) is 0 Å². The summed E-state index contributed by atoms with van der Waals surface area (Å²) in [6.07, 6.45) is -3.06. The van der Waals surface area contributed by atoms with Gasteiger partial charge in [0.15, 0.2) is 0 Å². The first kappa shape index (κ1) is 22.6. The summed E-state index contributed by atoms with van der Waals surface area (Å²) in [7, 11) is 0. The van der Waals surface area contributed by atoms with Crippen molar-refractivity contribution in [3.8, 4) is 0 Å². The van der Waals surface area contributed by atoms with Crippen molar-refractivity contribution in [2.45, 2.75) is 38.4 Å². The normalized spacial score (nSPS) is 16.4. The Hall–Kier alpha value is -3.63. The van der Waals surface area contributed by atoms with Crippen LogP contribution >= 0.6 is 0 Å². The maximum atomic E-state index is 12.9. The zero-order valence-corrected chi connectivity index (χ0v) is 17.8. The SMILES string of the molecule is Cc1ccc2nc(C3CCCN3C(=O)CCNc3ccc(C(F)(F)F)cc3[N+](=O)[O-])[nH]c2c1. The van der Waals surface area contributed by atoms with Crippen molar-refractivity contribution in [3.63, 3.8) is 0 Å². The molecule has 1 saturated heterocycles. The average molecular weight is 461 g/mol. The number of aromatic amines is 1. The number of aromatic nitrogens is 2. The van der Waals surface area contributed by atoms with Gasteiger partial charge >= 0.3 is 6.18 Å². The number of hydrogen-bond acceptors (Lipinski definition) is 5. The number of likely N-dealkylation sites (tertiary alicyclic amines) is 1. The molecule has 1 aromatic heterocycles. The zero-order chi connectivity index (χ0) is 23.8. The highest BCUT2D eigenvalue weighted by atomic mass is 19.4. The third kappa shape index (κ3) is 4.76. The fourth-order valence-electron chi connectivity index (χ4n) is 4.11. The Balaban J connectivity index is 1.42. The molecule has 1 fully saturated rings. The number of benzene rings is 2. The second-order valence-electron chi connectivity index (χ2n) is 8.05. The first-order chi connectivity index (χ1) is 15.6. The molecule has 0 saturated carbocycles. The van der Waals surface area contributed by atoms with Crippen molar-refractivity contribution in [1.29, 1.82) is 0 Å². The number of anilines is 1. The van der Waals surface area contributed by atoms with E-state index in [1.807, 2.05) is 25.1 Å². The summed E-state index contributed by atoms with van der Waals surface area (Å²) in [5.74, 6) is 0.559. The first-order valence-electron chi connectivity index (χ1n) is 10.5. The van der Waals surface area contributed by atoms with Crippen LogP contribution in [0.25, 0.3) is 11.0 Å². The van der Waals surface area contributed by atoms with Crippen molar-refractivity contribution >= 4 is 28.3 Å². The molecular weight excluding hydrogens is 439 g/mol. The van der Waals surface area contributed by atoms with Gasteiger partial charge in [0.05, 0.1) is 27.6 Å². The van der Waals surface area contributed by atoms with E-state index in [4.69, 9.17) is 0 Å². The fraction of sp³-hybridized carbons (Fsp3) is 0.364. The number of halogens is 3. The Morgan fingerprint density at radius 1 is 1.30 bits per heavy atom. The van der Waals surface area contributed by atoms with Crippen LogP contribution in [-0.2, 0) is 11.0 Å². The molecule has 2 N–H and O–H groups in total. The number of imidazole rings is 1. The van der Waals surface area contributed by atoms with E-state index < -0.39 is 22.4 Å². The maximum absolute atomic E-state index is 12.9. The van der Waals surface area contributed by atoms with Crippen LogP contribution in [0.1, 0.15) is 42.3 Å². The van der Waals surface area contributed by atoms with Crippen LogP contribution in [-0.4, -0.2) is 38.8 Å². The third-order valence-corrected chi connectivity index (χ3v) is 5.72. The van der Waals surface area contributed by atoms with Gasteiger partial charge in [0.1, 0.15) is 11.5 Å². The summed E-state index contributed by atoms with van der Waals surface area (Å²) in [5, 5.41) is 13.9. The molecule has 1 amide bonds. The minimum Gasteiger partial charge on any atom is -0.379 e. The van der Waals surface area contributed by atoms with Gasteiger partial charge in [-0.25, -0.2) is 4.98 Å². The number of carbonyl (C=O) groups is 1.